The van der Waals surface area contributed by atoms with Crippen molar-refractivity contribution < 1.29 is 40.6 Å². The van der Waals surface area contributed by atoms with Gasteiger partial charge in [-0.05, 0) is 50.6 Å². The zero-order valence-corrected chi connectivity index (χ0v) is 29.3. The van der Waals surface area contributed by atoms with Crippen LogP contribution in [0.25, 0.3) is 32.1 Å². The van der Waals surface area contributed by atoms with E-state index in [1.807, 2.05) is 6.07 Å². The zero-order chi connectivity index (χ0) is 37.6. The fraction of sp³-hybridized carbons (Fsp3) is 0.429. The number of nitriles is 1. The zero-order valence-electron chi connectivity index (χ0n) is 28.4. The molecule has 0 bridgehead atoms. The van der Waals surface area contributed by atoms with E-state index in [9.17, 15) is 18.8 Å². The predicted octanol–water partition coefficient (Wildman–Crippen LogP) is 6.31. The number of alkyl halides is 4. The number of nitrogens with two attached hydrogens (primary N) is 1. The van der Waals surface area contributed by atoms with Gasteiger partial charge in [-0.2, -0.15) is 28.4 Å². The molecule has 6 rings (SSSR count). The van der Waals surface area contributed by atoms with E-state index < -0.39 is 58.3 Å². The molecular weight excluding hydrogens is 712 g/mol. The summed E-state index contributed by atoms with van der Waals surface area (Å²) in [5.74, 6) is -2.72. The molecular formula is C35H35F6N7O3S. The molecule has 0 saturated carbocycles. The van der Waals surface area contributed by atoms with Gasteiger partial charge in [0, 0.05) is 49.1 Å². The lowest BCUT2D eigenvalue weighted by molar-refractivity contribution is -0.137. The average Bonchev–Trinajstić information content (AvgIpc) is 3.77. The molecule has 2 aliphatic heterocycles. The van der Waals surface area contributed by atoms with Crippen molar-refractivity contribution in [2.24, 2.45) is 0 Å². The summed E-state index contributed by atoms with van der Waals surface area (Å²) in [5, 5.41) is 9.13. The smallest absolute Gasteiger partial charge is 0.417 e. The fourth-order valence-corrected chi connectivity index (χ4v) is 8.30. The number of halogens is 6. The second kappa shape index (κ2) is 14.4. The molecule has 2 saturated heterocycles. The van der Waals surface area contributed by atoms with Gasteiger partial charge < -0.3 is 25.0 Å². The van der Waals surface area contributed by atoms with Crippen LogP contribution >= 0.6 is 11.3 Å². The third-order valence-corrected chi connectivity index (χ3v) is 10.8. The lowest BCUT2D eigenvalue weighted by Gasteiger charge is -2.35. The number of likely N-dealkylation sites (tertiary alicyclic amines) is 2. The highest BCUT2D eigenvalue weighted by Crippen LogP contribution is 2.48. The molecule has 0 aliphatic carbocycles. The number of ether oxygens (including phenoxy) is 2. The number of amides is 1. The van der Waals surface area contributed by atoms with Crippen LogP contribution in [-0.4, -0.2) is 97.0 Å². The summed E-state index contributed by atoms with van der Waals surface area (Å²) in [6, 6.07) is 2.53. The van der Waals surface area contributed by atoms with E-state index in [0.717, 1.165) is 24.3 Å². The standard InChI is InChI=1S/C35H35F6N7O3S/c1-5-26(49)48-10-9-24(25(48)16-50-4)47(6-2)33-20-12-22(35(39,40)41)28(19-7-8-23(37)31-27(19)21(13-42)32(43)52-31)29(38)30(20)44-34(45-33)51-15-18-11-17(36)14-46(18)3/h5,7-8,12,17-18,24-25H,1,6,9-11,14-16,43H2,2-4H3/t17-,18+,24?,25?/m1/s1. The van der Waals surface area contributed by atoms with Gasteiger partial charge in [0.2, 0.25) is 5.91 Å². The summed E-state index contributed by atoms with van der Waals surface area (Å²) in [5.41, 5.74) is 2.35. The molecule has 2 N–H and O–H groups in total. The van der Waals surface area contributed by atoms with Crippen molar-refractivity contribution in [2.45, 2.75) is 50.2 Å². The molecule has 52 heavy (non-hydrogen) atoms. The van der Waals surface area contributed by atoms with E-state index in [-0.39, 0.29) is 89.1 Å². The Morgan fingerprint density at radius 1 is 1.27 bits per heavy atom. The Morgan fingerprint density at radius 3 is 2.63 bits per heavy atom. The first-order valence-electron chi connectivity index (χ1n) is 16.4. The van der Waals surface area contributed by atoms with Gasteiger partial charge >= 0.3 is 12.2 Å². The van der Waals surface area contributed by atoms with Crippen LogP contribution in [0.2, 0.25) is 0 Å². The third kappa shape index (κ3) is 6.47. The second-order valence-corrected chi connectivity index (χ2v) is 13.8. The van der Waals surface area contributed by atoms with Crippen molar-refractivity contribution in [3.63, 3.8) is 0 Å². The van der Waals surface area contributed by atoms with Crippen molar-refractivity contribution in [2.75, 3.05) is 57.6 Å². The maximum Gasteiger partial charge on any atom is 0.417 e. The molecule has 4 aromatic rings. The molecule has 2 aromatic carbocycles. The number of rotatable bonds is 10. The minimum atomic E-state index is -5.15. The van der Waals surface area contributed by atoms with Crippen LogP contribution in [0.1, 0.15) is 30.9 Å². The number of nitrogen functional groups attached to an aromatic ring is 1. The number of benzene rings is 2. The van der Waals surface area contributed by atoms with Gasteiger partial charge in [0.15, 0.2) is 5.82 Å². The highest BCUT2D eigenvalue weighted by atomic mass is 32.1. The molecule has 0 spiro atoms. The van der Waals surface area contributed by atoms with E-state index in [1.54, 1.807) is 28.7 Å². The predicted molar refractivity (Wildman–Crippen MR) is 185 cm³/mol. The summed E-state index contributed by atoms with van der Waals surface area (Å²) in [6.07, 6.45) is -4.57. The van der Waals surface area contributed by atoms with Crippen LogP contribution in [0.5, 0.6) is 6.01 Å². The number of nitrogens with zero attached hydrogens (tertiary/aromatic N) is 6. The summed E-state index contributed by atoms with van der Waals surface area (Å²) in [7, 11) is 3.17. The number of carbonyl (C=O) groups excluding carboxylic acids is 1. The highest BCUT2D eigenvalue weighted by Gasteiger charge is 2.42. The first-order chi connectivity index (χ1) is 24.7. The number of anilines is 2. The largest absolute Gasteiger partial charge is 0.462 e. The maximum absolute atomic E-state index is 17.2. The number of hydrogen-bond donors (Lipinski definition) is 1. The molecule has 4 heterocycles. The SMILES string of the molecule is C=CC(=O)N1CCC(N(CC)c2nc(OC[C@@H]3C[C@@H](F)CN3C)nc3c(F)c(-c4ccc(F)c5sc(N)c(C#N)c45)c(C(F)(F)F)cc23)C1COC. The molecule has 1 amide bonds. The molecule has 2 fully saturated rings. The van der Waals surface area contributed by atoms with Gasteiger partial charge in [-0.25, -0.2) is 13.2 Å². The molecule has 2 aromatic heterocycles. The molecule has 4 atom stereocenters. The van der Waals surface area contributed by atoms with E-state index in [0.29, 0.717) is 17.8 Å². The Labute approximate surface area is 299 Å². The fourth-order valence-electron chi connectivity index (χ4n) is 7.35. The maximum atomic E-state index is 17.2. The number of aromatic nitrogens is 2. The minimum Gasteiger partial charge on any atom is -0.462 e. The van der Waals surface area contributed by atoms with Gasteiger partial charge in [0.1, 0.15) is 41.0 Å². The lowest BCUT2D eigenvalue weighted by atomic mass is 9.92. The summed E-state index contributed by atoms with van der Waals surface area (Å²) in [6.45, 7) is 5.89. The Bertz CT molecular complexity index is 2090. The summed E-state index contributed by atoms with van der Waals surface area (Å²) in [4.78, 5) is 26.6. The Kier molecular flexibility index (Phi) is 10.3. The second-order valence-electron chi connectivity index (χ2n) is 12.7. The number of carbonyl (C=O) groups is 1. The van der Waals surface area contributed by atoms with E-state index in [4.69, 9.17) is 15.2 Å². The van der Waals surface area contributed by atoms with Gasteiger partial charge in [-0.3, -0.25) is 9.69 Å². The van der Waals surface area contributed by atoms with Gasteiger partial charge in [-0.1, -0.05) is 12.6 Å². The quantitative estimate of drug-likeness (QED) is 0.147. The number of thiophene rings is 1. The van der Waals surface area contributed by atoms with Crippen molar-refractivity contribution in [3.05, 3.63) is 53.6 Å². The number of methoxy groups -OCH3 is 1. The Hall–Kier alpha value is -4.66. The van der Waals surface area contributed by atoms with Gasteiger partial charge in [0.25, 0.3) is 0 Å². The first-order valence-corrected chi connectivity index (χ1v) is 17.2. The Balaban J connectivity index is 1.62. The lowest BCUT2D eigenvalue weighted by Crippen LogP contribution is -2.49. The molecule has 0 radical (unpaired) electrons. The average molecular weight is 748 g/mol. The molecule has 276 valence electrons. The van der Waals surface area contributed by atoms with E-state index in [2.05, 4.69) is 16.5 Å². The summed E-state index contributed by atoms with van der Waals surface area (Å²) < 4.78 is 103. The third-order valence-electron chi connectivity index (χ3n) is 9.76. The van der Waals surface area contributed by atoms with Crippen molar-refractivity contribution in [1.82, 2.24) is 19.8 Å². The molecule has 10 nitrogen and oxygen atoms in total. The highest BCUT2D eigenvalue weighted by molar-refractivity contribution is 7.23. The van der Waals surface area contributed by atoms with Crippen molar-refractivity contribution in [3.8, 4) is 23.2 Å². The van der Waals surface area contributed by atoms with Gasteiger partial charge in [-0.15, -0.1) is 11.3 Å². The topological polar surface area (TPSA) is 121 Å². The van der Waals surface area contributed by atoms with Crippen molar-refractivity contribution >= 4 is 49.1 Å². The Morgan fingerprint density at radius 2 is 2.02 bits per heavy atom. The number of likely N-dealkylation sites (N-methyl/N-ethyl adjacent to an activating group) is 2. The van der Waals surface area contributed by atoms with Gasteiger partial charge in [0.05, 0.1) is 34.5 Å². The van der Waals surface area contributed by atoms with Crippen LogP contribution in [0.4, 0.5) is 37.2 Å². The van der Waals surface area contributed by atoms with E-state index >= 15 is 17.6 Å². The minimum absolute atomic E-state index is 0.0728. The van der Waals surface area contributed by atoms with Crippen LogP contribution < -0.4 is 15.4 Å². The number of fused-ring (bicyclic) bond motifs is 2. The van der Waals surface area contributed by atoms with E-state index in [1.165, 1.54) is 7.11 Å². The molecule has 2 aliphatic rings. The number of hydrogen-bond acceptors (Lipinski definition) is 10. The van der Waals surface area contributed by atoms with Crippen molar-refractivity contribution in [1.29, 1.82) is 5.26 Å². The monoisotopic (exact) mass is 747 g/mol. The normalized spacial score (nSPS) is 20.9. The van der Waals surface area contributed by atoms with Crippen LogP contribution in [-0.2, 0) is 15.7 Å². The molecule has 2 unspecified atom stereocenters. The van der Waals surface area contributed by atoms with Crippen LogP contribution in [0.15, 0.2) is 30.9 Å². The van der Waals surface area contributed by atoms with Crippen LogP contribution in [0.3, 0.4) is 0 Å². The molecule has 17 heteroatoms. The summed E-state index contributed by atoms with van der Waals surface area (Å²) >= 11 is 0.664. The van der Waals surface area contributed by atoms with Crippen LogP contribution in [0, 0.1) is 23.0 Å². The first kappa shape index (κ1) is 37.1.